The largest absolute Gasteiger partial charge is 0.484 e. The van der Waals surface area contributed by atoms with Crippen LogP contribution in [-0.2, 0) is 21.0 Å². The van der Waals surface area contributed by atoms with Gasteiger partial charge in [0.1, 0.15) is 11.3 Å². The van der Waals surface area contributed by atoms with E-state index in [4.69, 9.17) is 4.74 Å². The second kappa shape index (κ2) is 10.2. The van der Waals surface area contributed by atoms with Gasteiger partial charge in [-0.25, -0.2) is 8.42 Å². The Bertz CT molecular complexity index is 1380. The van der Waals surface area contributed by atoms with Gasteiger partial charge < -0.3 is 10.1 Å². The van der Waals surface area contributed by atoms with Gasteiger partial charge in [0.15, 0.2) is 6.61 Å². The first-order chi connectivity index (χ1) is 16.8. The summed E-state index contributed by atoms with van der Waals surface area (Å²) in [6, 6.07) is 14.2. The van der Waals surface area contributed by atoms with Gasteiger partial charge >= 0.3 is 6.18 Å². The van der Waals surface area contributed by atoms with Gasteiger partial charge in [0.25, 0.3) is 21.6 Å². The van der Waals surface area contributed by atoms with E-state index in [0.717, 1.165) is 15.9 Å². The fourth-order valence-electron chi connectivity index (χ4n) is 3.11. The molecule has 0 spiro atoms. The van der Waals surface area contributed by atoms with E-state index in [9.17, 15) is 36.5 Å². The molecule has 0 aliphatic heterocycles. The first-order valence-electron chi connectivity index (χ1n) is 10.2. The Morgan fingerprint density at radius 3 is 2.22 bits per heavy atom. The van der Waals surface area contributed by atoms with Gasteiger partial charge in [0.05, 0.1) is 15.5 Å². The van der Waals surface area contributed by atoms with Crippen LogP contribution < -0.4 is 14.4 Å². The predicted molar refractivity (Wildman–Crippen MR) is 125 cm³/mol. The number of nitro groups is 1. The molecule has 0 aliphatic rings. The zero-order valence-electron chi connectivity index (χ0n) is 18.9. The molecule has 3 aromatic rings. The number of nitrogens with zero attached hydrogens (tertiary/aromatic N) is 2. The van der Waals surface area contributed by atoms with E-state index in [-0.39, 0.29) is 16.3 Å². The lowest BCUT2D eigenvalue weighted by molar-refractivity contribution is -0.388. The molecule has 1 N–H and O–H groups in total. The number of rotatable bonds is 8. The molecular formula is C23H20F3N3O6S. The van der Waals surface area contributed by atoms with Gasteiger partial charge in [-0.05, 0) is 55.5 Å². The maximum atomic E-state index is 13.1. The van der Waals surface area contributed by atoms with Crippen LogP contribution in [0.5, 0.6) is 5.75 Å². The van der Waals surface area contributed by atoms with Crippen molar-refractivity contribution in [3.05, 3.63) is 88.0 Å². The van der Waals surface area contributed by atoms with Gasteiger partial charge in [-0.2, -0.15) is 13.2 Å². The zero-order chi connectivity index (χ0) is 26.7. The number of nitro benzene ring substituents is 1. The summed E-state index contributed by atoms with van der Waals surface area (Å²) in [6.45, 7) is 1.26. The van der Waals surface area contributed by atoms with Crippen molar-refractivity contribution in [2.75, 3.05) is 23.3 Å². The average Bonchev–Trinajstić information content (AvgIpc) is 2.82. The molecule has 36 heavy (non-hydrogen) atoms. The van der Waals surface area contributed by atoms with Gasteiger partial charge in [-0.15, -0.1) is 0 Å². The van der Waals surface area contributed by atoms with Gasteiger partial charge in [0.2, 0.25) is 0 Å². The molecular weight excluding hydrogens is 503 g/mol. The minimum atomic E-state index is -4.98. The van der Waals surface area contributed by atoms with E-state index in [1.54, 1.807) is 12.1 Å². The summed E-state index contributed by atoms with van der Waals surface area (Å²) in [4.78, 5) is 21.9. The highest BCUT2D eigenvalue weighted by molar-refractivity contribution is 7.92. The van der Waals surface area contributed by atoms with E-state index < -0.39 is 44.9 Å². The Hall–Kier alpha value is -4.13. The summed E-state index contributed by atoms with van der Waals surface area (Å²) in [6.07, 6.45) is -4.98. The molecule has 0 aliphatic carbocycles. The van der Waals surface area contributed by atoms with Crippen LogP contribution in [0.15, 0.2) is 71.6 Å². The number of nitrogens with one attached hydrogen (secondary N) is 1. The number of aryl methyl sites for hydroxylation is 1. The lowest BCUT2D eigenvalue weighted by Crippen LogP contribution is -2.26. The first-order valence-corrected chi connectivity index (χ1v) is 11.7. The summed E-state index contributed by atoms with van der Waals surface area (Å²) in [7, 11) is -2.41. The maximum absolute atomic E-state index is 13.1. The normalized spacial score (nSPS) is 11.6. The molecule has 0 atom stereocenters. The van der Waals surface area contributed by atoms with E-state index in [2.05, 4.69) is 5.32 Å². The number of anilines is 2. The van der Waals surface area contributed by atoms with E-state index in [1.807, 2.05) is 6.92 Å². The van der Waals surface area contributed by atoms with Crippen molar-refractivity contribution in [3.8, 4) is 5.75 Å². The molecule has 0 heterocycles. The monoisotopic (exact) mass is 523 g/mol. The highest BCUT2D eigenvalue weighted by atomic mass is 32.2. The summed E-state index contributed by atoms with van der Waals surface area (Å²) < 4.78 is 71.2. The Kier molecular flexibility index (Phi) is 7.53. The van der Waals surface area contributed by atoms with Crippen molar-refractivity contribution in [2.24, 2.45) is 0 Å². The lowest BCUT2D eigenvalue weighted by Gasteiger charge is -2.20. The topological polar surface area (TPSA) is 119 Å². The molecule has 0 bridgehead atoms. The van der Waals surface area contributed by atoms with E-state index in [0.29, 0.717) is 17.8 Å². The standard InChI is InChI=1S/C23H20F3N3O6S/c1-15-3-10-19(11-4-15)36(33,34)28(2)17-6-8-18(9-7-17)35-14-22(30)27-16-5-12-21(29(31)32)20(13-16)23(24,25)26/h3-13H,14H2,1-2H3,(H,27,30). The number of alkyl halides is 3. The van der Waals surface area contributed by atoms with Crippen molar-refractivity contribution < 1.29 is 36.0 Å². The van der Waals surface area contributed by atoms with Crippen LogP contribution >= 0.6 is 0 Å². The van der Waals surface area contributed by atoms with Crippen molar-refractivity contribution in [1.29, 1.82) is 0 Å². The first kappa shape index (κ1) is 26.5. The molecule has 13 heteroatoms. The van der Waals surface area contributed by atoms with Crippen molar-refractivity contribution >= 4 is 33.0 Å². The summed E-state index contributed by atoms with van der Waals surface area (Å²) in [5.41, 5.74) is -1.67. The second-order valence-electron chi connectivity index (χ2n) is 7.60. The van der Waals surface area contributed by atoms with Crippen LogP contribution in [0.1, 0.15) is 11.1 Å². The number of carbonyl (C=O) groups excluding carboxylic acids is 1. The van der Waals surface area contributed by atoms with Gasteiger partial charge in [-0.3, -0.25) is 19.2 Å². The Morgan fingerprint density at radius 2 is 1.67 bits per heavy atom. The predicted octanol–water partition coefficient (Wildman–Crippen LogP) is 4.76. The molecule has 0 saturated heterocycles. The number of hydrogen-bond acceptors (Lipinski definition) is 6. The van der Waals surface area contributed by atoms with Crippen molar-refractivity contribution in [3.63, 3.8) is 0 Å². The van der Waals surface area contributed by atoms with Gasteiger partial charge in [0, 0.05) is 18.8 Å². The van der Waals surface area contributed by atoms with Crippen LogP contribution in [0.2, 0.25) is 0 Å². The third-order valence-electron chi connectivity index (χ3n) is 5.03. The molecule has 9 nitrogen and oxygen atoms in total. The van der Waals surface area contributed by atoms with Crippen LogP contribution in [-0.4, -0.2) is 32.9 Å². The third kappa shape index (κ3) is 6.10. The third-order valence-corrected chi connectivity index (χ3v) is 6.83. The minimum absolute atomic E-state index is 0.118. The highest BCUT2D eigenvalue weighted by Crippen LogP contribution is 2.37. The number of carbonyl (C=O) groups is 1. The fraction of sp³-hybridized carbons (Fsp3) is 0.174. The number of amides is 1. The number of benzene rings is 3. The Balaban J connectivity index is 1.64. The molecule has 190 valence electrons. The van der Waals surface area contributed by atoms with Gasteiger partial charge in [-0.1, -0.05) is 17.7 Å². The number of halogens is 3. The zero-order valence-corrected chi connectivity index (χ0v) is 19.8. The lowest BCUT2D eigenvalue weighted by atomic mass is 10.1. The SMILES string of the molecule is Cc1ccc(S(=O)(=O)N(C)c2ccc(OCC(=O)Nc3ccc([N+](=O)[O-])c(C(F)(F)F)c3)cc2)cc1. The summed E-state index contributed by atoms with van der Waals surface area (Å²) in [5, 5.41) is 13.0. The van der Waals surface area contributed by atoms with E-state index >= 15 is 0 Å². The summed E-state index contributed by atoms with van der Waals surface area (Å²) in [5.74, 6) is -0.602. The number of ether oxygens (including phenoxy) is 1. The molecule has 0 saturated carbocycles. The van der Waals surface area contributed by atoms with Crippen LogP contribution in [0.4, 0.5) is 30.2 Å². The molecule has 0 unspecified atom stereocenters. The molecule has 0 radical (unpaired) electrons. The quantitative estimate of drug-likeness (QED) is 0.336. The van der Waals surface area contributed by atoms with Crippen LogP contribution in [0, 0.1) is 17.0 Å². The molecule has 0 aromatic heterocycles. The maximum Gasteiger partial charge on any atom is 0.423 e. The molecule has 3 aromatic carbocycles. The molecule has 3 rings (SSSR count). The van der Waals surface area contributed by atoms with Crippen molar-refractivity contribution in [1.82, 2.24) is 0 Å². The van der Waals surface area contributed by atoms with E-state index in [1.165, 1.54) is 43.4 Å². The summed E-state index contributed by atoms with van der Waals surface area (Å²) >= 11 is 0. The number of hydrogen-bond donors (Lipinski definition) is 1. The Labute approximate surface area is 204 Å². The average molecular weight is 523 g/mol. The van der Waals surface area contributed by atoms with Crippen molar-refractivity contribution in [2.45, 2.75) is 18.0 Å². The molecule has 1 amide bonds. The van der Waals surface area contributed by atoms with Crippen LogP contribution in [0.3, 0.4) is 0 Å². The second-order valence-corrected chi connectivity index (χ2v) is 9.57. The smallest absolute Gasteiger partial charge is 0.423 e. The number of sulfonamides is 1. The molecule has 0 fully saturated rings. The highest BCUT2D eigenvalue weighted by Gasteiger charge is 2.38. The Morgan fingerprint density at radius 1 is 1.06 bits per heavy atom. The minimum Gasteiger partial charge on any atom is -0.484 e. The van der Waals surface area contributed by atoms with Crippen LogP contribution in [0.25, 0.3) is 0 Å². The fourth-order valence-corrected chi connectivity index (χ4v) is 4.30.